The first kappa shape index (κ1) is 18.1. The van der Waals surface area contributed by atoms with E-state index in [-0.39, 0.29) is 5.82 Å². The minimum Gasteiger partial charge on any atom is -0.310 e. The molecule has 3 rings (SSSR count). The highest BCUT2D eigenvalue weighted by Crippen LogP contribution is 2.37. The topological polar surface area (TPSA) is 15.3 Å². The normalized spacial score (nSPS) is 22.1. The molecule has 1 aliphatic rings. The van der Waals surface area contributed by atoms with E-state index in [1.165, 1.54) is 43.4 Å². The van der Waals surface area contributed by atoms with Crippen LogP contribution in [0.25, 0.3) is 0 Å². The van der Waals surface area contributed by atoms with Crippen molar-refractivity contribution in [1.82, 2.24) is 10.2 Å². The van der Waals surface area contributed by atoms with Crippen molar-refractivity contribution in [2.75, 3.05) is 14.1 Å². The molecule has 1 aliphatic carbocycles. The fraction of sp³-hybridized carbons (Fsp3) is 0.455. The van der Waals surface area contributed by atoms with Crippen LogP contribution < -0.4 is 5.32 Å². The number of nitrogens with one attached hydrogen (secondary N) is 1. The zero-order valence-electron chi connectivity index (χ0n) is 15.3. The van der Waals surface area contributed by atoms with Crippen molar-refractivity contribution in [2.45, 2.75) is 44.3 Å². The molecule has 0 aliphatic heterocycles. The zero-order valence-corrected chi connectivity index (χ0v) is 15.3. The molecule has 1 fully saturated rings. The van der Waals surface area contributed by atoms with Gasteiger partial charge < -0.3 is 10.2 Å². The number of hydrogen-bond acceptors (Lipinski definition) is 2. The van der Waals surface area contributed by atoms with Crippen LogP contribution in [-0.4, -0.2) is 25.0 Å². The quantitative estimate of drug-likeness (QED) is 0.814. The average Bonchev–Trinajstić information content (AvgIpc) is 2.63. The van der Waals surface area contributed by atoms with Crippen LogP contribution in [0.5, 0.6) is 0 Å². The van der Waals surface area contributed by atoms with Crippen LogP contribution in [-0.2, 0) is 6.54 Å². The van der Waals surface area contributed by atoms with E-state index in [9.17, 15) is 4.39 Å². The van der Waals surface area contributed by atoms with E-state index in [1.807, 2.05) is 12.1 Å². The molecule has 3 heteroatoms. The van der Waals surface area contributed by atoms with Crippen molar-refractivity contribution in [3.05, 3.63) is 71.5 Å². The van der Waals surface area contributed by atoms with Crippen molar-refractivity contribution >= 4 is 0 Å². The van der Waals surface area contributed by atoms with Crippen LogP contribution in [0.1, 0.15) is 42.9 Å². The van der Waals surface area contributed by atoms with Crippen molar-refractivity contribution in [1.29, 1.82) is 0 Å². The molecule has 1 unspecified atom stereocenters. The van der Waals surface area contributed by atoms with Gasteiger partial charge in [0.05, 0.1) is 0 Å². The Bertz CT molecular complexity index is 631. The minimum atomic E-state index is -0.167. The molecule has 0 bridgehead atoms. The second-order valence-corrected chi connectivity index (χ2v) is 7.44. The monoisotopic (exact) mass is 340 g/mol. The summed E-state index contributed by atoms with van der Waals surface area (Å²) in [7, 11) is 4.38. The molecule has 0 aromatic heterocycles. The molecule has 1 saturated carbocycles. The van der Waals surface area contributed by atoms with Crippen LogP contribution in [0, 0.1) is 11.7 Å². The lowest BCUT2D eigenvalue weighted by molar-refractivity contribution is 0.157. The van der Waals surface area contributed by atoms with Gasteiger partial charge in [-0.1, -0.05) is 42.5 Å². The smallest absolute Gasteiger partial charge is 0.123 e. The fourth-order valence-corrected chi connectivity index (χ4v) is 4.15. The van der Waals surface area contributed by atoms with E-state index < -0.39 is 0 Å². The van der Waals surface area contributed by atoms with Gasteiger partial charge in [-0.05, 0) is 69.0 Å². The molecule has 1 N–H and O–H groups in total. The predicted octanol–water partition coefficient (Wildman–Crippen LogP) is 4.78. The number of nitrogens with zero attached hydrogens (tertiary/aromatic N) is 1. The molecule has 1 atom stereocenters. The Morgan fingerprint density at radius 2 is 1.60 bits per heavy atom. The fourth-order valence-electron chi connectivity index (χ4n) is 4.15. The summed E-state index contributed by atoms with van der Waals surface area (Å²) >= 11 is 0. The van der Waals surface area contributed by atoms with Crippen molar-refractivity contribution in [2.24, 2.45) is 5.92 Å². The van der Waals surface area contributed by atoms with Gasteiger partial charge in [-0.15, -0.1) is 0 Å². The maximum atomic E-state index is 13.0. The van der Waals surface area contributed by atoms with Gasteiger partial charge >= 0.3 is 0 Å². The van der Waals surface area contributed by atoms with E-state index in [1.54, 1.807) is 0 Å². The summed E-state index contributed by atoms with van der Waals surface area (Å²) in [6, 6.07) is 18.8. The molecule has 0 saturated heterocycles. The summed E-state index contributed by atoms with van der Waals surface area (Å²) < 4.78 is 13.0. The van der Waals surface area contributed by atoms with Gasteiger partial charge in [-0.3, -0.25) is 0 Å². The first-order valence-corrected chi connectivity index (χ1v) is 9.32. The summed E-state index contributed by atoms with van der Waals surface area (Å²) in [4.78, 5) is 2.37. The third-order valence-corrected chi connectivity index (χ3v) is 5.42. The number of hydrogen-bond donors (Lipinski definition) is 1. The molecular weight excluding hydrogens is 311 g/mol. The highest BCUT2D eigenvalue weighted by molar-refractivity contribution is 5.20. The Balaban J connectivity index is 1.53. The lowest BCUT2D eigenvalue weighted by Gasteiger charge is -2.38. The van der Waals surface area contributed by atoms with Gasteiger partial charge in [0.25, 0.3) is 0 Å². The third kappa shape index (κ3) is 4.90. The highest BCUT2D eigenvalue weighted by Gasteiger charge is 2.29. The molecule has 134 valence electrons. The van der Waals surface area contributed by atoms with E-state index in [0.717, 1.165) is 12.1 Å². The molecule has 2 nitrogen and oxygen atoms in total. The summed E-state index contributed by atoms with van der Waals surface area (Å²) in [6.07, 6.45) is 4.92. The summed E-state index contributed by atoms with van der Waals surface area (Å²) in [5, 5.41) is 3.65. The molecule has 2 aromatic carbocycles. The highest BCUT2D eigenvalue weighted by atomic mass is 19.1. The Labute approximate surface area is 151 Å². The lowest BCUT2D eigenvalue weighted by atomic mass is 9.78. The molecule has 0 spiro atoms. The number of benzene rings is 2. The first-order chi connectivity index (χ1) is 12.1. The van der Waals surface area contributed by atoms with Gasteiger partial charge in [0.1, 0.15) is 5.82 Å². The summed E-state index contributed by atoms with van der Waals surface area (Å²) in [5.41, 5.74) is 2.58. The molecule has 2 aromatic rings. The Morgan fingerprint density at radius 3 is 2.20 bits per heavy atom. The van der Waals surface area contributed by atoms with Crippen LogP contribution in [0.2, 0.25) is 0 Å². The molecule has 0 amide bonds. The number of rotatable bonds is 6. The SMILES string of the molecule is CN(C)C(c1ccccc1)C1CCC(NCc2ccc(F)cc2)CC1. The lowest BCUT2D eigenvalue weighted by Crippen LogP contribution is -2.36. The second-order valence-electron chi connectivity index (χ2n) is 7.44. The summed E-state index contributed by atoms with van der Waals surface area (Å²) in [6.45, 7) is 0.825. The Kier molecular flexibility index (Phi) is 6.22. The van der Waals surface area contributed by atoms with E-state index in [4.69, 9.17) is 0 Å². The largest absolute Gasteiger partial charge is 0.310 e. The maximum absolute atomic E-state index is 13.0. The standard InChI is InChI=1S/C22H29FN2/c1-25(2)22(18-6-4-3-5-7-18)19-10-14-21(15-11-19)24-16-17-8-12-20(23)13-9-17/h3-9,12-13,19,21-22,24H,10-11,14-16H2,1-2H3. The van der Waals surface area contributed by atoms with Gasteiger partial charge in [0.15, 0.2) is 0 Å². The Morgan fingerprint density at radius 1 is 0.960 bits per heavy atom. The van der Waals surface area contributed by atoms with E-state index in [0.29, 0.717) is 18.0 Å². The van der Waals surface area contributed by atoms with E-state index >= 15 is 0 Å². The number of halogens is 1. The van der Waals surface area contributed by atoms with Gasteiger partial charge in [0, 0.05) is 18.6 Å². The predicted molar refractivity (Wildman–Crippen MR) is 102 cm³/mol. The van der Waals surface area contributed by atoms with Crippen molar-refractivity contribution < 1.29 is 4.39 Å². The molecule has 0 heterocycles. The molecular formula is C22H29FN2. The third-order valence-electron chi connectivity index (χ3n) is 5.42. The van der Waals surface area contributed by atoms with Crippen LogP contribution >= 0.6 is 0 Å². The minimum absolute atomic E-state index is 0.167. The van der Waals surface area contributed by atoms with Gasteiger partial charge in [-0.2, -0.15) is 0 Å². The molecule has 0 radical (unpaired) electrons. The van der Waals surface area contributed by atoms with Crippen LogP contribution in [0.3, 0.4) is 0 Å². The zero-order chi connectivity index (χ0) is 17.6. The van der Waals surface area contributed by atoms with Crippen LogP contribution in [0.4, 0.5) is 4.39 Å². The summed E-state index contributed by atoms with van der Waals surface area (Å²) in [5.74, 6) is 0.543. The van der Waals surface area contributed by atoms with E-state index in [2.05, 4.69) is 54.6 Å². The first-order valence-electron chi connectivity index (χ1n) is 9.32. The van der Waals surface area contributed by atoms with Crippen molar-refractivity contribution in [3.63, 3.8) is 0 Å². The molecule has 25 heavy (non-hydrogen) atoms. The maximum Gasteiger partial charge on any atom is 0.123 e. The average molecular weight is 340 g/mol. The van der Waals surface area contributed by atoms with Gasteiger partial charge in [-0.25, -0.2) is 4.39 Å². The second kappa shape index (κ2) is 8.59. The van der Waals surface area contributed by atoms with Gasteiger partial charge in [0.2, 0.25) is 0 Å². The van der Waals surface area contributed by atoms with Crippen molar-refractivity contribution in [3.8, 4) is 0 Å². The van der Waals surface area contributed by atoms with Crippen LogP contribution in [0.15, 0.2) is 54.6 Å². The Hall–Kier alpha value is -1.71.